The van der Waals surface area contributed by atoms with Gasteiger partial charge in [0.05, 0.1) is 4.90 Å². The molecule has 0 heterocycles. The van der Waals surface area contributed by atoms with Gasteiger partial charge in [-0.1, -0.05) is 12.1 Å². The average molecular weight is 447 g/mol. The van der Waals surface area contributed by atoms with E-state index in [9.17, 15) is 18.0 Å². The zero-order chi connectivity index (χ0) is 23.2. The van der Waals surface area contributed by atoms with Gasteiger partial charge in [0.15, 0.2) is 0 Å². The fraction of sp³-hybridized carbons (Fsp3) is 0.364. The summed E-state index contributed by atoms with van der Waals surface area (Å²) in [6.07, 6.45) is 0. The minimum atomic E-state index is -3.65. The van der Waals surface area contributed by atoms with Crippen molar-refractivity contribution < 1.29 is 18.0 Å². The Bertz CT molecular complexity index is 1010. The molecule has 0 fully saturated rings. The molecule has 0 atom stereocenters. The third-order valence-corrected chi connectivity index (χ3v) is 5.73. The minimum absolute atomic E-state index is 0.0402. The average Bonchev–Trinajstić information content (AvgIpc) is 2.65. The molecule has 2 rings (SSSR count). The van der Waals surface area contributed by atoms with Crippen LogP contribution in [0.15, 0.2) is 53.4 Å². The molecule has 4 N–H and O–H groups in total. The maximum absolute atomic E-state index is 12.4. The van der Waals surface area contributed by atoms with Crippen molar-refractivity contribution in [2.24, 2.45) is 0 Å². The Morgan fingerprint density at radius 3 is 2.03 bits per heavy atom. The first-order chi connectivity index (χ1) is 14.4. The SMILES string of the molecule is CC(C)NC(=O)Nc1ccc(CNC(=O)c2ccc(S(=O)(=O)NC(C)(C)C)cc2)cc1. The topological polar surface area (TPSA) is 116 Å². The number of anilines is 1. The summed E-state index contributed by atoms with van der Waals surface area (Å²) >= 11 is 0. The van der Waals surface area contributed by atoms with Crippen molar-refractivity contribution in [1.29, 1.82) is 0 Å². The Kier molecular flexibility index (Phi) is 7.80. The summed E-state index contributed by atoms with van der Waals surface area (Å²) in [4.78, 5) is 24.2. The molecule has 0 aliphatic heterocycles. The molecule has 0 unspecified atom stereocenters. The molecule has 0 radical (unpaired) electrons. The van der Waals surface area contributed by atoms with Crippen LogP contribution >= 0.6 is 0 Å². The number of urea groups is 1. The maximum Gasteiger partial charge on any atom is 0.319 e. The van der Waals surface area contributed by atoms with Gasteiger partial charge in [0.1, 0.15) is 0 Å². The summed E-state index contributed by atoms with van der Waals surface area (Å²) in [6, 6.07) is 12.7. The van der Waals surface area contributed by atoms with Crippen LogP contribution in [0.25, 0.3) is 0 Å². The van der Waals surface area contributed by atoms with Crippen LogP contribution in [0.1, 0.15) is 50.5 Å². The van der Waals surface area contributed by atoms with E-state index in [-0.39, 0.29) is 22.9 Å². The van der Waals surface area contributed by atoms with Gasteiger partial charge in [-0.3, -0.25) is 4.79 Å². The van der Waals surface area contributed by atoms with Crippen molar-refractivity contribution in [2.75, 3.05) is 5.32 Å². The molecule has 2 aromatic rings. The minimum Gasteiger partial charge on any atom is -0.348 e. The standard InChI is InChI=1S/C22H30N4O4S/c1-15(2)24-21(28)25-18-10-6-16(7-11-18)14-23-20(27)17-8-12-19(13-9-17)31(29,30)26-22(3,4)5/h6-13,15,26H,14H2,1-5H3,(H,23,27)(H2,24,25,28). The van der Waals surface area contributed by atoms with E-state index in [2.05, 4.69) is 20.7 Å². The zero-order valence-electron chi connectivity index (χ0n) is 18.4. The third-order valence-electron chi connectivity index (χ3n) is 3.95. The summed E-state index contributed by atoms with van der Waals surface area (Å²) in [5, 5.41) is 8.26. The lowest BCUT2D eigenvalue weighted by atomic mass is 10.1. The first-order valence-electron chi connectivity index (χ1n) is 9.94. The molecule has 2 aromatic carbocycles. The first-order valence-corrected chi connectivity index (χ1v) is 11.4. The summed E-state index contributed by atoms with van der Waals surface area (Å²) in [6.45, 7) is 9.32. The highest BCUT2D eigenvalue weighted by atomic mass is 32.2. The molecular weight excluding hydrogens is 416 g/mol. The van der Waals surface area contributed by atoms with Gasteiger partial charge >= 0.3 is 6.03 Å². The predicted molar refractivity (Wildman–Crippen MR) is 121 cm³/mol. The highest BCUT2D eigenvalue weighted by molar-refractivity contribution is 7.89. The molecule has 0 saturated heterocycles. The second-order valence-electron chi connectivity index (χ2n) is 8.51. The van der Waals surface area contributed by atoms with Gasteiger partial charge in [-0.15, -0.1) is 0 Å². The van der Waals surface area contributed by atoms with Gasteiger partial charge in [0, 0.05) is 29.4 Å². The summed E-state index contributed by atoms with van der Waals surface area (Å²) in [7, 11) is -3.65. The van der Waals surface area contributed by atoms with Crippen LogP contribution in [0.3, 0.4) is 0 Å². The van der Waals surface area contributed by atoms with Crippen LogP contribution in [0.4, 0.5) is 10.5 Å². The van der Waals surface area contributed by atoms with E-state index >= 15 is 0 Å². The van der Waals surface area contributed by atoms with Gasteiger partial charge in [-0.05, 0) is 76.6 Å². The molecular formula is C22H30N4O4S. The molecule has 0 aliphatic carbocycles. The Hall–Kier alpha value is -2.91. The molecule has 8 nitrogen and oxygen atoms in total. The number of carbonyl (C=O) groups excluding carboxylic acids is 2. The van der Waals surface area contributed by atoms with E-state index in [0.29, 0.717) is 17.8 Å². The van der Waals surface area contributed by atoms with Crippen molar-refractivity contribution in [3.63, 3.8) is 0 Å². The fourth-order valence-corrected chi connectivity index (χ4v) is 4.09. The Labute approximate surface area is 183 Å². The molecule has 31 heavy (non-hydrogen) atoms. The van der Waals surface area contributed by atoms with Gasteiger partial charge in [-0.25, -0.2) is 17.9 Å². The van der Waals surface area contributed by atoms with Gasteiger partial charge < -0.3 is 16.0 Å². The van der Waals surface area contributed by atoms with Crippen molar-refractivity contribution in [3.05, 3.63) is 59.7 Å². The van der Waals surface area contributed by atoms with E-state index in [0.717, 1.165) is 5.56 Å². The lowest BCUT2D eigenvalue weighted by molar-refractivity contribution is 0.0950. The van der Waals surface area contributed by atoms with Gasteiger partial charge in [-0.2, -0.15) is 0 Å². The van der Waals surface area contributed by atoms with Crippen LogP contribution in [0.5, 0.6) is 0 Å². The van der Waals surface area contributed by atoms with Crippen LogP contribution in [-0.2, 0) is 16.6 Å². The lowest BCUT2D eigenvalue weighted by Crippen LogP contribution is -2.40. The number of sulfonamides is 1. The summed E-state index contributed by atoms with van der Waals surface area (Å²) < 4.78 is 27.3. The smallest absolute Gasteiger partial charge is 0.319 e. The van der Waals surface area contributed by atoms with Gasteiger partial charge in [0.25, 0.3) is 5.91 Å². The predicted octanol–water partition coefficient (Wildman–Crippen LogP) is 3.22. The summed E-state index contributed by atoms with van der Waals surface area (Å²) in [5.74, 6) is -0.314. The number of hydrogen-bond donors (Lipinski definition) is 4. The highest BCUT2D eigenvalue weighted by Crippen LogP contribution is 2.14. The molecule has 0 saturated carbocycles. The Morgan fingerprint density at radius 1 is 0.935 bits per heavy atom. The van der Waals surface area contributed by atoms with Crippen molar-refractivity contribution in [1.82, 2.24) is 15.4 Å². The van der Waals surface area contributed by atoms with Crippen molar-refractivity contribution in [3.8, 4) is 0 Å². The molecule has 0 aliphatic rings. The number of nitrogens with one attached hydrogen (secondary N) is 4. The lowest BCUT2D eigenvalue weighted by Gasteiger charge is -2.20. The van der Waals surface area contributed by atoms with Crippen LogP contribution in [0.2, 0.25) is 0 Å². The van der Waals surface area contributed by atoms with E-state index < -0.39 is 15.6 Å². The molecule has 3 amide bonds. The molecule has 168 valence electrons. The van der Waals surface area contributed by atoms with Crippen molar-refractivity contribution >= 4 is 27.6 Å². The van der Waals surface area contributed by atoms with Crippen LogP contribution < -0.4 is 20.7 Å². The first kappa shape index (κ1) is 24.4. The Balaban J connectivity index is 1.93. The van der Waals surface area contributed by atoms with E-state index in [1.165, 1.54) is 24.3 Å². The van der Waals surface area contributed by atoms with Crippen molar-refractivity contribution in [2.45, 2.75) is 57.6 Å². The zero-order valence-corrected chi connectivity index (χ0v) is 19.3. The number of hydrogen-bond acceptors (Lipinski definition) is 4. The second-order valence-corrected chi connectivity index (χ2v) is 10.2. The second kappa shape index (κ2) is 9.93. The monoisotopic (exact) mass is 446 g/mol. The maximum atomic E-state index is 12.4. The largest absolute Gasteiger partial charge is 0.348 e. The highest BCUT2D eigenvalue weighted by Gasteiger charge is 2.22. The van der Waals surface area contributed by atoms with E-state index in [4.69, 9.17) is 0 Å². The van der Waals surface area contributed by atoms with Gasteiger partial charge in [0.2, 0.25) is 10.0 Å². The third kappa shape index (κ3) is 8.03. The molecule has 9 heteroatoms. The van der Waals surface area contributed by atoms with Crippen LogP contribution in [-0.4, -0.2) is 31.9 Å². The van der Waals surface area contributed by atoms with E-state index in [1.54, 1.807) is 45.0 Å². The number of amides is 3. The molecule has 0 bridgehead atoms. The van der Waals surface area contributed by atoms with Crippen LogP contribution in [0, 0.1) is 0 Å². The summed E-state index contributed by atoms with van der Waals surface area (Å²) in [5.41, 5.74) is 1.27. The molecule has 0 aromatic heterocycles. The fourth-order valence-electron chi connectivity index (χ4n) is 2.67. The Morgan fingerprint density at radius 2 is 1.52 bits per heavy atom. The number of carbonyl (C=O) groups is 2. The van der Waals surface area contributed by atoms with E-state index in [1.807, 2.05) is 13.8 Å². The quantitative estimate of drug-likeness (QED) is 0.522. The number of rotatable bonds is 7. The molecule has 0 spiro atoms. The number of benzene rings is 2. The normalized spacial score (nSPS) is 11.8.